The van der Waals surface area contributed by atoms with Crippen LogP contribution in [-0.2, 0) is 11.8 Å². The lowest BCUT2D eigenvalue weighted by Crippen LogP contribution is -2.12. The van der Waals surface area contributed by atoms with E-state index in [-0.39, 0.29) is 5.76 Å². The molecule has 2 heterocycles. The number of imidazole rings is 1. The van der Waals surface area contributed by atoms with E-state index in [2.05, 4.69) is 4.98 Å². The first-order valence-electron chi connectivity index (χ1n) is 7.57. The molecule has 1 aromatic carbocycles. The van der Waals surface area contributed by atoms with Gasteiger partial charge in [-0.3, -0.25) is 0 Å². The maximum atomic E-state index is 12.5. The number of fused-ring (bicyclic) bond motifs is 1. The molecule has 0 N–H and O–H groups in total. The maximum Gasteiger partial charge on any atom is 0.375 e. The van der Waals surface area contributed by atoms with Gasteiger partial charge < -0.3 is 13.7 Å². The van der Waals surface area contributed by atoms with E-state index in [1.54, 1.807) is 13.1 Å². The molecule has 0 spiro atoms. The van der Waals surface area contributed by atoms with Crippen LogP contribution in [0.4, 0.5) is 0 Å². The molecule has 3 rings (SSSR count). The number of furan rings is 1. The Kier molecular flexibility index (Phi) is 3.72. The third kappa shape index (κ3) is 2.52. The number of nitrogens with zero attached hydrogens (tertiary/aromatic N) is 2. The molecule has 0 radical (unpaired) electrons. The minimum atomic E-state index is -0.465. The summed E-state index contributed by atoms with van der Waals surface area (Å²) in [6.45, 7) is 7.67. The first-order valence-corrected chi connectivity index (χ1v) is 7.57. The van der Waals surface area contributed by atoms with Gasteiger partial charge in [-0.2, -0.15) is 0 Å². The van der Waals surface area contributed by atoms with Crippen molar-refractivity contribution in [2.24, 2.45) is 7.05 Å². The van der Waals surface area contributed by atoms with Crippen LogP contribution in [0.15, 0.2) is 28.9 Å². The van der Waals surface area contributed by atoms with Gasteiger partial charge in [-0.15, -0.1) is 0 Å². The lowest BCUT2D eigenvalue weighted by molar-refractivity contribution is 0.0280. The van der Waals surface area contributed by atoms with Crippen LogP contribution in [-0.4, -0.2) is 15.5 Å². The number of benzene rings is 1. The number of esters is 1. The first-order chi connectivity index (χ1) is 10.9. The summed E-state index contributed by atoms with van der Waals surface area (Å²) < 4.78 is 13.2. The standard InChI is InChI=1S/C18H20N2O3/c1-10-6-7-11(2)15-14(10)12(3)16(23-15)18(21)22-13(4)17-19-8-9-20(17)5/h6-9,13H,1-5H3. The molecule has 5 nitrogen and oxygen atoms in total. The Hall–Kier alpha value is -2.56. The van der Waals surface area contributed by atoms with Gasteiger partial charge in [0.25, 0.3) is 0 Å². The fraction of sp³-hybridized carbons (Fsp3) is 0.333. The largest absolute Gasteiger partial charge is 0.449 e. The van der Waals surface area contributed by atoms with Crippen LogP contribution < -0.4 is 0 Å². The minimum absolute atomic E-state index is 0.262. The van der Waals surface area contributed by atoms with Crippen LogP contribution in [0.25, 0.3) is 11.0 Å². The Bertz CT molecular complexity index is 889. The highest BCUT2D eigenvalue weighted by atomic mass is 16.6. The molecule has 0 saturated heterocycles. The molecule has 23 heavy (non-hydrogen) atoms. The number of aromatic nitrogens is 2. The number of ether oxygens (including phenoxy) is 1. The van der Waals surface area contributed by atoms with Crippen LogP contribution in [0.5, 0.6) is 0 Å². The number of hydrogen-bond acceptors (Lipinski definition) is 4. The quantitative estimate of drug-likeness (QED) is 0.686. The molecule has 0 amide bonds. The van der Waals surface area contributed by atoms with Gasteiger partial charge in [0.2, 0.25) is 5.76 Å². The van der Waals surface area contributed by atoms with Crippen LogP contribution in [0.1, 0.15) is 46.1 Å². The highest BCUT2D eigenvalue weighted by Gasteiger charge is 2.24. The SMILES string of the molecule is Cc1ccc(C)c2c(C)c(C(=O)OC(C)c3nccn3C)oc12. The number of hydrogen-bond donors (Lipinski definition) is 0. The Labute approximate surface area is 134 Å². The van der Waals surface area contributed by atoms with E-state index in [0.717, 1.165) is 27.7 Å². The van der Waals surface area contributed by atoms with Crippen molar-refractivity contribution in [3.05, 3.63) is 52.8 Å². The average molecular weight is 312 g/mol. The van der Waals surface area contributed by atoms with Gasteiger partial charge in [0.1, 0.15) is 11.4 Å². The van der Waals surface area contributed by atoms with Crippen molar-refractivity contribution in [3.63, 3.8) is 0 Å². The molecule has 1 atom stereocenters. The Morgan fingerprint density at radius 1 is 1.26 bits per heavy atom. The van der Waals surface area contributed by atoms with Gasteiger partial charge >= 0.3 is 5.97 Å². The zero-order valence-electron chi connectivity index (χ0n) is 14.0. The summed E-state index contributed by atoms with van der Waals surface area (Å²) in [5, 5.41) is 0.988. The normalized spacial score (nSPS) is 12.6. The third-order valence-corrected chi connectivity index (χ3v) is 4.17. The van der Waals surface area contributed by atoms with Crippen molar-refractivity contribution in [1.82, 2.24) is 9.55 Å². The van der Waals surface area contributed by atoms with Gasteiger partial charge in [0, 0.05) is 30.4 Å². The zero-order chi connectivity index (χ0) is 16.7. The number of aryl methyl sites for hydroxylation is 4. The van der Waals surface area contributed by atoms with Gasteiger partial charge in [0.05, 0.1) is 0 Å². The van der Waals surface area contributed by atoms with Gasteiger partial charge in [-0.25, -0.2) is 9.78 Å². The van der Waals surface area contributed by atoms with Crippen LogP contribution >= 0.6 is 0 Å². The molecule has 2 aromatic heterocycles. The molecule has 0 fully saturated rings. The predicted molar refractivity (Wildman–Crippen MR) is 87.5 cm³/mol. The summed E-state index contributed by atoms with van der Waals surface area (Å²) in [6.07, 6.45) is 3.05. The Morgan fingerprint density at radius 2 is 1.96 bits per heavy atom. The summed E-state index contributed by atoms with van der Waals surface area (Å²) in [6, 6.07) is 4.03. The Morgan fingerprint density at radius 3 is 2.57 bits per heavy atom. The molecule has 5 heteroatoms. The predicted octanol–water partition coefficient (Wildman–Crippen LogP) is 4.01. The van der Waals surface area contributed by atoms with E-state index in [1.165, 1.54) is 0 Å². The van der Waals surface area contributed by atoms with Crippen LogP contribution in [0, 0.1) is 20.8 Å². The molecule has 0 aliphatic heterocycles. The van der Waals surface area contributed by atoms with Crippen molar-refractivity contribution in [1.29, 1.82) is 0 Å². The zero-order valence-corrected chi connectivity index (χ0v) is 14.0. The van der Waals surface area contributed by atoms with Crippen molar-refractivity contribution in [3.8, 4) is 0 Å². The van der Waals surface area contributed by atoms with Crippen LogP contribution in [0.3, 0.4) is 0 Å². The topological polar surface area (TPSA) is 57.3 Å². The molecular formula is C18H20N2O3. The van der Waals surface area contributed by atoms with E-state index in [0.29, 0.717) is 5.82 Å². The lowest BCUT2D eigenvalue weighted by atomic mass is 10.0. The smallest absolute Gasteiger partial charge is 0.375 e. The number of carbonyl (C=O) groups excluding carboxylic acids is 1. The monoisotopic (exact) mass is 312 g/mol. The maximum absolute atomic E-state index is 12.5. The summed E-state index contributed by atoms with van der Waals surface area (Å²) in [7, 11) is 1.87. The second-order valence-corrected chi connectivity index (χ2v) is 5.90. The van der Waals surface area contributed by atoms with E-state index in [1.807, 2.05) is 50.7 Å². The van der Waals surface area contributed by atoms with Crippen LogP contribution in [0.2, 0.25) is 0 Å². The number of rotatable bonds is 3. The van der Waals surface area contributed by atoms with E-state index in [9.17, 15) is 4.79 Å². The third-order valence-electron chi connectivity index (χ3n) is 4.17. The van der Waals surface area contributed by atoms with Crippen molar-refractivity contribution < 1.29 is 13.9 Å². The molecule has 120 valence electrons. The summed E-state index contributed by atoms with van der Waals surface area (Å²) in [5.74, 6) is 0.492. The molecule has 0 aliphatic carbocycles. The van der Waals surface area contributed by atoms with E-state index < -0.39 is 12.1 Å². The summed E-state index contributed by atoms with van der Waals surface area (Å²) in [4.78, 5) is 16.7. The van der Waals surface area contributed by atoms with Crippen molar-refractivity contribution in [2.75, 3.05) is 0 Å². The molecule has 0 aliphatic rings. The molecule has 0 saturated carbocycles. The second kappa shape index (κ2) is 5.57. The lowest BCUT2D eigenvalue weighted by Gasteiger charge is -2.12. The van der Waals surface area contributed by atoms with Crippen molar-refractivity contribution >= 4 is 16.9 Å². The summed E-state index contributed by atoms with van der Waals surface area (Å²) >= 11 is 0. The fourth-order valence-corrected chi connectivity index (χ4v) is 2.91. The molecular weight excluding hydrogens is 292 g/mol. The first kappa shape index (κ1) is 15.3. The average Bonchev–Trinajstić information content (AvgIpc) is 3.07. The van der Waals surface area contributed by atoms with E-state index in [4.69, 9.17) is 9.15 Å². The minimum Gasteiger partial charge on any atom is -0.449 e. The van der Waals surface area contributed by atoms with Gasteiger partial charge in [-0.1, -0.05) is 12.1 Å². The van der Waals surface area contributed by atoms with E-state index >= 15 is 0 Å². The Balaban J connectivity index is 1.96. The van der Waals surface area contributed by atoms with Gasteiger partial charge in [0.15, 0.2) is 6.10 Å². The number of carbonyl (C=O) groups is 1. The fourth-order valence-electron chi connectivity index (χ4n) is 2.91. The highest BCUT2D eigenvalue weighted by Crippen LogP contribution is 2.31. The van der Waals surface area contributed by atoms with Crippen molar-refractivity contribution in [2.45, 2.75) is 33.8 Å². The second-order valence-electron chi connectivity index (χ2n) is 5.90. The summed E-state index contributed by atoms with van der Waals surface area (Å²) in [5.41, 5.74) is 3.66. The molecule has 1 unspecified atom stereocenters. The molecule has 0 bridgehead atoms. The van der Waals surface area contributed by atoms with Gasteiger partial charge in [-0.05, 0) is 38.8 Å². The highest BCUT2D eigenvalue weighted by molar-refractivity contribution is 5.98. The molecule has 3 aromatic rings.